The molecule has 3 aliphatic heterocycles. The Hall–Kier alpha value is -3.23. The van der Waals surface area contributed by atoms with Crippen molar-refractivity contribution in [2.45, 2.75) is 70.4 Å². The molecule has 2 bridgehead atoms. The molecule has 0 aromatic heterocycles. The zero-order chi connectivity index (χ0) is 29.1. The Labute approximate surface area is 244 Å². The summed E-state index contributed by atoms with van der Waals surface area (Å²) in [6.07, 6.45) is 5.99. The monoisotopic (exact) mass is 579 g/mol. The van der Waals surface area contributed by atoms with Crippen molar-refractivity contribution < 1.29 is 23.5 Å². The molecule has 2 N–H and O–H groups in total. The quantitative estimate of drug-likeness (QED) is 0.471. The van der Waals surface area contributed by atoms with Gasteiger partial charge in [-0.2, -0.15) is 0 Å². The molecule has 1 spiro atoms. The Bertz CT molecular complexity index is 1410. The first-order chi connectivity index (χ1) is 19.6. The van der Waals surface area contributed by atoms with Crippen LogP contribution in [0.5, 0.6) is 0 Å². The van der Waals surface area contributed by atoms with Crippen molar-refractivity contribution in [2.75, 3.05) is 5.32 Å². The third-order valence-electron chi connectivity index (χ3n) is 9.62. The first-order valence-electron chi connectivity index (χ1n) is 14.4. The van der Waals surface area contributed by atoms with E-state index in [1.54, 1.807) is 11.0 Å². The number of halogens is 2. The molecule has 2 saturated heterocycles. The minimum atomic E-state index is -1.26. The Balaban J connectivity index is 1.32. The zero-order valence-corrected chi connectivity index (χ0v) is 24.2. The predicted molar refractivity (Wildman–Crippen MR) is 153 cm³/mol. The fourth-order valence-corrected chi connectivity index (χ4v) is 7.36. The van der Waals surface area contributed by atoms with Crippen molar-refractivity contribution in [3.05, 3.63) is 76.6 Å². The number of anilines is 1. The molecular weight excluding hydrogens is 545 g/mol. The summed E-state index contributed by atoms with van der Waals surface area (Å²) < 4.78 is 20.1. The van der Waals surface area contributed by atoms with Gasteiger partial charge in [0.2, 0.25) is 17.7 Å². The largest absolute Gasteiger partial charge is 0.359 e. The van der Waals surface area contributed by atoms with Crippen LogP contribution in [0, 0.1) is 36.4 Å². The summed E-state index contributed by atoms with van der Waals surface area (Å²) in [6, 6.07) is 10.8. The van der Waals surface area contributed by atoms with Crippen LogP contribution in [-0.2, 0) is 25.7 Å². The van der Waals surface area contributed by atoms with Gasteiger partial charge in [0.1, 0.15) is 17.5 Å². The number of aryl methyl sites for hydroxylation is 1. The number of nitrogens with zero attached hydrogens (tertiary/aromatic N) is 1. The number of fused-ring (bicyclic) bond motifs is 1. The lowest BCUT2D eigenvalue weighted by atomic mass is 9.73. The summed E-state index contributed by atoms with van der Waals surface area (Å²) in [5.74, 6) is -2.52. The van der Waals surface area contributed by atoms with E-state index >= 15 is 0 Å². The maximum atomic E-state index is 14.2. The van der Waals surface area contributed by atoms with Crippen LogP contribution in [0.4, 0.5) is 10.1 Å². The molecule has 1 aliphatic carbocycles. The summed E-state index contributed by atoms with van der Waals surface area (Å²) in [5, 5.41) is 5.94. The number of amides is 3. The van der Waals surface area contributed by atoms with Gasteiger partial charge in [-0.25, -0.2) is 4.39 Å². The van der Waals surface area contributed by atoms with Gasteiger partial charge < -0.3 is 20.3 Å². The van der Waals surface area contributed by atoms with E-state index < -0.39 is 41.3 Å². The van der Waals surface area contributed by atoms with E-state index in [4.69, 9.17) is 16.3 Å². The number of ether oxygens (including phenoxy) is 1. The molecule has 216 valence electrons. The lowest BCUT2D eigenvalue weighted by Crippen LogP contribution is -2.57. The third-order valence-corrected chi connectivity index (χ3v) is 9.91. The van der Waals surface area contributed by atoms with E-state index in [1.807, 2.05) is 37.3 Å². The minimum absolute atomic E-state index is 0.00271. The molecule has 2 aromatic carbocycles. The van der Waals surface area contributed by atoms with Crippen LogP contribution in [0.1, 0.15) is 44.2 Å². The van der Waals surface area contributed by atoms with E-state index in [1.165, 1.54) is 18.2 Å². The number of nitrogens with one attached hydrogen (secondary N) is 2. The summed E-state index contributed by atoms with van der Waals surface area (Å²) in [4.78, 5) is 43.6. The van der Waals surface area contributed by atoms with Crippen molar-refractivity contribution in [2.24, 2.45) is 23.7 Å². The Morgan fingerprint density at radius 1 is 1.12 bits per heavy atom. The Kier molecular flexibility index (Phi) is 7.19. The summed E-state index contributed by atoms with van der Waals surface area (Å²) >= 11 is 5.92. The average Bonchev–Trinajstić information content (AvgIpc) is 3.58. The zero-order valence-electron chi connectivity index (χ0n) is 23.4. The van der Waals surface area contributed by atoms with Gasteiger partial charge in [0.05, 0.1) is 23.0 Å². The van der Waals surface area contributed by atoms with Crippen molar-refractivity contribution >= 4 is 35.0 Å². The minimum Gasteiger partial charge on any atom is -0.359 e. The van der Waals surface area contributed by atoms with Crippen LogP contribution in [0.3, 0.4) is 0 Å². The molecule has 3 fully saturated rings. The van der Waals surface area contributed by atoms with Gasteiger partial charge in [0, 0.05) is 18.3 Å². The maximum absolute atomic E-state index is 14.2. The lowest BCUT2D eigenvalue weighted by molar-refractivity contribution is -0.142. The van der Waals surface area contributed by atoms with Crippen LogP contribution in [0.2, 0.25) is 5.02 Å². The number of likely N-dealkylation sites (tertiary alicyclic amines) is 1. The maximum Gasteiger partial charge on any atom is 0.246 e. The van der Waals surface area contributed by atoms with Crippen LogP contribution in [0.25, 0.3) is 0 Å². The SMILES string of the molecule is Cc1ccc(CN2C(=O)[C@H]3[C@H](C(=O)Nc4ccc(F)c(Cl)c4)[C@H]4C=C[C@@]3(O4)[C@@H]2C(=O)N[C@@H]2CCC[C@@H](C)[C@H]2C)cc1. The molecule has 41 heavy (non-hydrogen) atoms. The molecule has 6 rings (SSSR count). The molecule has 3 amide bonds. The normalized spacial score (nSPS) is 33.6. The number of rotatable bonds is 6. The number of benzene rings is 2. The fraction of sp³-hybridized carbons (Fsp3) is 0.469. The highest BCUT2D eigenvalue weighted by molar-refractivity contribution is 6.31. The van der Waals surface area contributed by atoms with Gasteiger partial charge in [-0.3, -0.25) is 14.4 Å². The van der Waals surface area contributed by atoms with E-state index in [9.17, 15) is 18.8 Å². The van der Waals surface area contributed by atoms with E-state index in [2.05, 4.69) is 24.5 Å². The summed E-state index contributed by atoms with van der Waals surface area (Å²) in [6.45, 7) is 6.59. The van der Waals surface area contributed by atoms with Gasteiger partial charge in [-0.05, 0) is 48.9 Å². The Morgan fingerprint density at radius 3 is 2.61 bits per heavy atom. The van der Waals surface area contributed by atoms with Crippen molar-refractivity contribution in [1.82, 2.24) is 10.2 Å². The molecule has 3 heterocycles. The van der Waals surface area contributed by atoms with Gasteiger partial charge in [0.15, 0.2) is 0 Å². The molecule has 0 unspecified atom stereocenters. The van der Waals surface area contributed by atoms with Crippen molar-refractivity contribution in [1.29, 1.82) is 0 Å². The first kappa shape index (κ1) is 27.9. The van der Waals surface area contributed by atoms with Crippen LogP contribution in [-0.4, -0.2) is 46.4 Å². The standard InChI is InChI=1S/C32H35ClFN3O4/c1-17-7-9-20(10-8-17)16-37-28(30(39)36-24-6-4-5-18(2)19(24)3)32-14-13-25(41-32)26(27(32)31(37)40)29(38)35-21-11-12-23(34)22(33)15-21/h7-15,18-19,24-28H,4-6,16H2,1-3H3,(H,35,38)(H,36,39)/t18-,19-,24-,25-,26-,27-,28+,32+/m1/s1. The van der Waals surface area contributed by atoms with E-state index in [0.717, 1.165) is 30.4 Å². The number of carbonyl (C=O) groups is 3. The summed E-state index contributed by atoms with van der Waals surface area (Å²) in [7, 11) is 0. The second-order valence-electron chi connectivity index (χ2n) is 12.2. The highest BCUT2D eigenvalue weighted by Gasteiger charge is 2.72. The van der Waals surface area contributed by atoms with Crippen molar-refractivity contribution in [3.8, 4) is 0 Å². The lowest BCUT2D eigenvalue weighted by Gasteiger charge is -2.38. The number of hydrogen-bond donors (Lipinski definition) is 2. The molecule has 9 heteroatoms. The number of hydrogen-bond acceptors (Lipinski definition) is 4. The Morgan fingerprint density at radius 2 is 1.88 bits per heavy atom. The van der Waals surface area contributed by atoms with Gasteiger partial charge in [-0.15, -0.1) is 0 Å². The highest BCUT2D eigenvalue weighted by atomic mass is 35.5. The third kappa shape index (κ3) is 4.75. The average molecular weight is 580 g/mol. The highest BCUT2D eigenvalue weighted by Crippen LogP contribution is 2.55. The molecule has 0 radical (unpaired) electrons. The topological polar surface area (TPSA) is 87.7 Å². The molecule has 7 nitrogen and oxygen atoms in total. The van der Waals surface area contributed by atoms with Gasteiger partial charge in [-0.1, -0.05) is 80.3 Å². The molecule has 2 aromatic rings. The second kappa shape index (κ2) is 10.6. The van der Waals surface area contributed by atoms with Crippen molar-refractivity contribution in [3.63, 3.8) is 0 Å². The van der Waals surface area contributed by atoms with E-state index in [-0.39, 0.29) is 29.4 Å². The van der Waals surface area contributed by atoms with Crippen LogP contribution >= 0.6 is 11.6 Å². The number of carbonyl (C=O) groups excluding carboxylic acids is 3. The molecule has 4 aliphatic rings. The predicted octanol–water partition coefficient (Wildman–Crippen LogP) is 5.02. The molecule has 1 saturated carbocycles. The first-order valence-corrected chi connectivity index (χ1v) is 14.8. The van der Waals surface area contributed by atoms with E-state index in [0.29, 0.717) is 17.5 Å². The molecule has 8 atom stereocenters. The van der Waals surface area contributed by atoms with Crippen LogP contribution < -0.4 is 10.6 Å². The molecular formula is C32H35ClFN3O4. The van der Waals surface area contributed by atoms with Gasteiger partial charge >= 0.3 is 0 Å². The second-order valence-corrected chi connectivity index (χ2v) is 12.6. The van der Waals surface area contributed by atoms with Gasteiger partial charge in [0.25, 0.3) is 0 Å². The fourth-order valence-electron chi connectivity index (χ4n) is 7.17. The van der Waals surface area contributed by atoms with Crippen LogP contribution in [0.15, 0.2) is 54.6 Å². The smallest absolute Gasteiger partial charge is 0.246 e. The summed E-state index contributed by atoms with van der Waals surface area (Å²) in [5.41, 5.74) is 1.04.